The number of carbonyl (C=O) groups excluding carboxylic acids is 1. The van der Waals surface area contributed by atoms with Gasteiger partial charge in [-0.25, -0.2) is 13.1 Å². The van der Waals surface area contributed by atoms with Crippen LogP contribution in [0.5, 0.6) is 0 Å². The van der Waals surface area contributed by atoms with Crippen LogP contribution in [0.2, 0.25) is 0 Å². The summed E-state index contributed by atoms with van der Waals surface area (Å²) in [6, 6.07) is 41.6. The van der Waals surface area contributed by atoms with Gasteiger partial charge in [-0.1, -0.05) is 72.8 Å². The van der Waals surface area contributed by atoms with E-state index < -0.39 is 15.9 Å². The molecule has 0 bridgehead atoms. The molecule has 0 radical (unpaired) electrons. The van der Waals surface area contributed by atoms with Crippen molar-refractivity contribution < 1.29 is 13.2 Å². The zero-order valence-electron chi connectivity index (χ0n) is 31.7. The van der Waals surface area contributed by atoms with Crippen molar-refractivity contribution in [2.45, 2.75) is 42.1 Å². The topological polar surface area (TPSA) is 85.0 Å². The molecule has 1 aliphatic rings. The van der Waals surface area contributed by atoms with Gasteiger partial charge in [-0.3, -0.25) is 9.69 Å². The molecular formula is C44H51N5O3S2. The Bertz CT molecular complexity index is 2100. The first-order valence-corrected chi connectivity index (χ1v) is 20.9. The lowest BCUT2D eigenvalue weighted by Gasteiger charge is -2.36. The van der Waals surface area contributed by atoms with E-state index in [0.717, 1.165) is 68.4 Å². The number of rotatable bonds is 15. The van der Waals surface area contributed by atoms with E-state index in [1.807, 2.05) is 43.3 Å². The fourth-order valence-electron chi connectivity index (χ4n) is 6.70. The lowest BCUT2D eigenvalue weighted by molar-refractivity contribution is 0.0981. The lowest BCUT2D eigenvalue weighted by atomic mass is 9.98. The van der Waals surface area contributed by atoms with Crippen molar-refractivity contribution in [1.82, 2.24) is 14.5 Å². The highest BCUT2D eigenvalue weighted by Crippen LogP contribution is 2.31. The first-order valence-electron chi connectivity index (χ1n) is 18.5. The van der Waals surface area contributed by atoms with E-state index in [4.69, 9.17) is 0 Å². The highest BCUT2D eigenvalue weighted by atomic mass is 32.2. The number of anilines is 2. The molecule has 0 saturated carbocycles. The maximum atomic E-state index is 13.4. The number of thioether (sulfide) groups is 1. The summed E-state index contributed by atoms with van der Waals surface area (Å²) in [6.07, 6.45) is 0.897. The van der Waals surface area contributed by atoms with Crippen LogP contribution >= 0.6 is 11.8 Å². The minimum absolute atomic E-state index is 0.0495. The second-order valence-corrected chi connectivity index (χ2v) is 17.3. The summed E-state index contributed by atoms with van der Waals surface area (Å²) in [5.41, 5.74) is 6.52. The van der Waals surface area contributed by atoms with Gasteiger partial charge in [-0.15, -0.1) is 11.8 Å². The molecule has 10 heteroatoms. The zero-order chi connectivity index (χ0) is 38.1. The molecule has 1 amide bonds. The molecule has 1 saturated heterocycles. The van der Waals surface area contributed by atoms with E-state index in [1.54, 1.807) is 42.1 Å². The summed E-state index contributed by atoms with van der Waals surface area (Å²) in [6.45, 7) is 9.43. The van der Waals surface area contributed by atoms with Crippen LogP contribution in [0.4, 0.5) is 11.4 Å². The van der Waals surface area contributed by atoms with Gasteiger partial charge in [-0.2, -0.15) is 0 Å². The number of benzene rings is 5. The van der Waals surface area contributed by atoms with E-state index in [9.17, 15) is 13.2 Å². The quantitative estimate of drug-likeness (QED) is 0.104. The smallest absolute Gasteiger partial charge is 0.264 e. The molecule has 5 aromatic rings. The zero-order valence-corrected chi connectivity index (χ0v) is 33.3. The second-order valence-electron chi connectivity index (χ2n) is 14.6. The average Bonchev–Trinajstić information content (AvgIpc) is 3.18. The molecule has 0 spiro atoms. The van der Waals surface area contributed by atoms with Gasteiger partial charge in [0, 0.05) is 65.8 Å². The summed E-state index contributed by atoms with van der Waals surface area (Å²) >= 11 is 1.80. The standard InChI is InChI=1S/C44H51N5O3S2/c1-34-31-40(23-24-42(34)45-44(2,25-26-47(3)4)33-53-39-16-9-6-10-17-39)54(51,52)46-43(50)36-19-21-38(22-20-36)49-29-27-48(28-30-49)32-37-15-11-12-18-41(37)35-13-7-5-8-14-35/h5-24,31,45H,25-30,32-33H2,1-4H3,(H,46,50)/t44-/m1/s1. The highest BCUT2D eigenvalue weighted by molar-refractivity contribution is 7.99. The largest absolute Gasteiger partial charge is 0.379 e. The van der Waals surface area contributed by atoms with Crippen molar-refractivity contribution in [2.75, 3.05) is 62.8 Å². The molecule has 0 unspecified atom stereocenters. The number of amides is 1. The first-order chi connectivity index (χ1) is 26.0. The third-order valence-electron chi connectivity index (χ3n) is 9.95. The van der Waals surface area contributed by atoms with Crippen LogP contribution < -0.4 is 14.9 Å². The summed E-state index contributed by atoms with van der Waals surface area (Å²) in [5, 5.41) is 3.71. The molecule has 1 heterocycles. The Morgan fingerprint density at radius 1 is 0.815 bits per heavy atom. The molecule has 282 valence electrons. The third kappa shape index (κ3) is 10.3. The van der Waals surface area contributed by atoms with Crippen LogP contribution in [0.15, 0.2) is 137 Å². The van der Waals surface area contributed by atoms with Crippen LogP contribution in [0, 0.1) is 6.92 Å². The molecule has 1 fully saturated rings. The molecule has 5 aromatic carbocycles. The molecule has 0 aliphatic carbocycles. The Labute approximate surface area is 325 Å². The van der Waals surface area contributed by atoms with Crippen molar-refractivity contribution >= 4 is 39.1 Å². The maximum Gasteiger partial charge on any atom is 0.264 e. The highest BCUT2D eigenvalue weighted by Gasteiger charge is 2.27. The van der Waals surface area contributed by atoms with Crippen molar-refractivity contribution in [2.24, 2.45) is 0 Å². The van der Waals surface area contributed by atoms with Crippen LogP contribution in [-0.4, -0.2) is 82.2 Å². The fraction of sp³-hybridized carbons (Fsp3) is 0.295. The van der Waals surface area contributed by atoms with Gasteiger partial charge in [-0.05, 0) is 118 Å². The number of piperazine rings is 1. The maximum absolute atomic E-state index is 13.4. The van der Waals surface area contributed by atoms with Gasteiger partial charge >= 0.3 is 0 Å². The molecule has 6 rings (SSSR count). The van der Waals surface area contributed by atoms with Crippen LogP contribution in [0.3, 0.4) is 0 Å². The predicted molar refractivity (Wildman–Crippen MR) is 224 cm³/mol. The van der Waals surface area contributed by atoms with E-state index in [-0.39, 0.29) is 10.4 Å². The molecular weight excluding hydrogens is 711 g/mol. The second kappa shape index (κ2) is 17.7. The first kappa shape index (κ1) is 39.1. The van der Waals surface area contributed by atoms with Gasteiger partial charge < -0.3 is 15.1 Å². The van der Waals surface area contributed by atoms with Crippen LogP contribution in [0.1, 0.15) is 34.8 Å². The molecule has 1 atom stereocenters. The number of hydrogen-bond acceptors (Lipinski definition) is 8. The Morgan fingerprint density at radius 2 is 1.46 bits per heavy atom. The van der Waals surface area contributed by atoms with Crippen LogP contribution in [-0.2, 0) is 16.6 Å². The molecule has 1 aliphatic heterocycles. The summed E-state index contributed by atoms with van der Waals surface area (Å²) in [4.78, 5) is 21.4. The number of hydrogen-bond donors (Lipinski definition) is 2. The van der Waals surface area contributed by atoms with Gasteiger partial charge in [0.1, 0.15) is 0 Å². The van der Waals surface area contributed by atoms with Crippen molar-refractivity contribution in [3.8, 4) is 11.1 Å². The lowest BCUT2D eigenvalue weighted by Crippen LogP contribution is -2.46. The molecule has 0 aromatic heterocycles. The van der Waals surface area contributed by atoms with E-state index in [2.05, 4.69) is 106 Å². The summed E-state index contributed by atoms with van der Waals surface area (Å²) in [5.74, 6) is 0.178. The summed E-state index contributed by atoms with van der Waals surface area (Å²) < 4.78 is 29.1. The normalized spacial score (nSPS) is 14.8. The summed E-state index contributed by atoms with van der Waals surface area (Å²) in [7, 11) is 0.0324. The average molecular weight is 762 g/mol. The van der Waals surface area contributed by atoms with Gasteiger partial charge in [0.15, 0.2) is 0 Å². The number of sulfonamides is 1. The Hall–Kier alpha value is -4.61. The van der Waals surface area contributed by atoms with Gasteiger partial charge in [0.25, 0.3) is 15.9 Å². The fourth-order valence-corrected chi connectivity index (χ4v) is 8.81. The van der Waals surface area contributed by atoms with Crippen molar-refractivity contribution in [3.05, 3.63) is 144 Å². The van der Waals surface area contributed by atoms with E-state index in [0.29, 0.717) is 5.56 Å². The number of carbonyl (C=O) groups is 1. The van der Waals surface area contributed by atoms with E-state index >= 15 is 0 Å². The van der Waals surface area contributed by atoms with E-state index in [1.165, 1.54) is 21.6 Å². The van der Waals surface area contributed by atoms with Crippen molar-refractivity contribution in [3.63, 3.8) is 0 Å². The van der Waals surface area contributed by atoms with Gasteiger partial charge in [0.2, 0.25) is 0 Å². The van der Waals surface area contributed by atoms with Crippen LogP contribution in [0.25, 0.3) is 11.1 Å². The van der Waals surface area contributed by atoms with Gasteiger partial charge in [0.05, 0.1) is 4.90 Å². The molecule has 8 nitrogen and oxygen atoms in total. The Kier molecular flexibility index (Phi) is 12.8. The minimum atomic E-state index is -4.10. The third-order valence-corrected chi connectivity index (χ3v) is 12.7. The number of aryl methyl sites for hydroxylation is 1. The number of nitrogens with zero attached hydrogens (tertiary/aromatic N) is 3. The SMILES string of the molecule is Cc1cc(S(=O)(=O)NC(=O)c2ccc(N3CCN(Cc4ccccc4-c4ccccc4)CC3)cc2)ccc1N[C@](C)(CCN(C)C)CSc1ccccc1. The number of nitrogens with one attached hydrogen (secondary N) is 2. The molecule has 2 N–H and O–H groups in total. The monoisotopic (exact) mass is 761 g/mol. The Morgan fingerprint density at radius 3 is 2.13 bits per heavy atom. The Balaban J connectivity index is 1.04. The van der Waals surface area contributed by atoms with Crippen molar-refractivity contribution in [1.29, 1.82) is 0 Å². The predicted octanol–water partition coefficient (Wildman–Crippen LogP) is 8.02. The minimum Gasteiger partial charge on any atom is -0.379 e. The molecule has 54 heavy (non-hydrogen) atoms.